The third kappa shape index (κ3) is 7.41. The molecule has 0 aromatic carbocycles. The van der Waals surface area contributed by atoms with Gasteiger partial charge in [-0.05, 0) is 51.3 Å². The minimum atomic E-state index is -2.00. The van der Waals surface area contributed by atoms with Gasteiger partial charge in [-0.25, -0.2) is 14.4 Å². The van der Waals surface area contributed by atoms with E-state index in [-0.39, 0.29) is 0 Å². The van der Waals surface area contributed by atoms with Crippen LogP contribution in [-0.4, -0.2) is 42.8 Å². The van der Waals surface area contributed by atoms with Gasteiger partial charge in [-0.2, -0.15) is 7.42 Å². The van der Waals surface area contributed by atoms with Crippen LogP contribution in [0.25, 0.3) is 0 Å². The molecule has 0 spiro atoms. The number of rotatable bonds is 3. The van der Waals surface area contributed by atoms with Gasteiger partial charge in [0.15, 0.2) is 6.10 Å². The molecular formula is C6H8N2O7S4. The number of carbonyl (C=O) groups is 4. The van der Waals surface area contributed by atoms with Gasteiger partial charge < -0.3 is 14.6 Å². The standard InChI is InChI=1S/C6H8N2O7S4/c9-2(4(11)15-6(13)8(18)19)1-3(10)14-5(12)7(16)17/h2,9,16-19H,1H2. The van der Waals surface area contributed by atoms with Crippen LogP contribution in [0.2, 0.25) is 0 Å². The molecular weight excluding hydrogens is 340 g/mol. The van der Waals surface area contributed by atoms with Crippen molar-refractivity contribution < 1.29 is 33.8 Å². The average Bonchev–Trinajstić information content (AvgIpc) is 2.27. The lowest BCUT2D eigenvalue weighted by molar-refractivity contribution is -0.153. The maximum Gasteiger partial charge on any atom is 0.437 e. The largest absolute Gasteiger partial charge is 0.437 e. The van der Waals surface area contributed by atoms with Crippen LogP contribution in [-0.2, 0) is 19.1 Å². The second kappa shape index (κ2) is 8.42. The summed E-state index contributed by atoms with van der Waals surface area (Å²) >= 11 is 13.6. The summed E-state index contributed by atoms with van der Waals surface area (Å²) in [4.78, 5) is 43.8. The Bertz CT molecular complexity index is 388. The van der Waals surface area contributed by atoms with Gasteiger partial charge in [-0.3, -0.25) is 4.79 Å². The van der Waals surface area contributed by atoms with Gasteiger partial charge in [-0.15, -0.1) is 0 Å². The lowest BCUT2D eigenvalue weighted by atomic mass is 10.2. The molecule has 0 bridgehead atoms. The van der Waals surface area contributed by atoms with Crippen molar-refractivity contribution in [2.24, 2.45) is 0 Å². The number of amides is 2. The van der Waals surface area contributed by atoms with Gasteiger partial charge in [0.05, 0.1) is 6.42 Å². The molecule has 1 N–H and O–H groups in total. The van der Waals surface area contributed by atoms with Crippen molar-refractivity contribution in [2.45, 2.75) is 12.5 Å². The number of hydrogen-bond acceptors (Lipinski definition) is 11. The second-order valence-electron chi connectivity index (χ2n) is 2.73. The predicted molar refractivity (Wildman–Crippen MR) is 73.2 cm³/mol. The molecule has 0 rings (SSSR count). The third-order valence-electron chi connectivity index (χ3n) is 1.35. The maximum absolute atomic E-state index is 11.1. The van der Waals surface area contributed by atoms with E-state index in [1.165, 1.54) is 0 Å². The number of aliphatic hydroxyl groups is 1. The van der Waals surface area contributed by atoms with Crippen molar-refractivity contribution >= 4 is 75.4 Å². The fraction of sp³-hybridized carbons (Fsp3) is 0.333. The highest BCUT2D eigenvalue weighted by Crippen LogP contribution is 2.06. The van der Waals surface area contributed by atoms with E-state index in [2.05, 4.69) is 60.7 Å². The molecule has 0 radical (unpaired) electrons. The van der Waals surface area contributed by atoms with E-state index in [9.17, 15) is 24.3 Å². The fourth-order valence-corrected chi connectivity index (χ4v) is 0.779. The summed E-state index contributed by atoms with van der Waals surface area (Å²) in [5, 5.41) is 9.21. The molecule has 0 heterocycles. The first-order valence-corrected chi connectivity index (χ1v) is 5.79. The van der Waals surface area contributed by atoms with E-state index < -0.39 is 36.6 Å². The molecule has 0 saturated heterocycles. The molecule has 1 unspecified atom stereocenters. The van der Waals surface area contributed by atoms with Gasteiger partial charge in [0, 0.05) is 0 Å². The number of ether oxygens (including phenoxy) is 2. The molecule has 0 aliphatic heterocycles. The summed E-state index contributed by atoms with van der Waals surface area (Å²) in [6, 6.07) is 0. The first-order valence-electron chi connectivity index (χ1n) is 4.19. The highest BCUT2D eigenvalue weighted by atomic mass is 32.2. The molecule has 0 aliphatic carbocycles. The van der Waals surface area contributed by atoms with Crippen LogP contribution in [0.5, 0.6) is 0 Å². The number of hydrogen-bond donors (Lipinski definition) is 5. The number of carbonyl (C=O) groups excluding carboxylic acids is 4. The summed E-state index contributed by atoms with van der Waals surface area (Å²) in [5.41, 5.74) is 0. The van der Waals surface area contributed by atoms with E-state index in [1.807, 2.05) is 0 Å². The summed E-state index contributed by atoms with van der Waals surface area (Å²) in [7, 11) is 0. The Kier molecular flexibility index (Phi) is 8.08. The van der Waals surface area contributed by atoms with Crippen molar-refractivity contribution in [3.8, 4) is 0 Å². The summed E-state index contributed by atoms with van der Waals surface area (Å²) < 4.78 is 8.83. The molecule has 0 fully saturated rings. The van der Waals surface area contributed by atoms with Gasteiger partial charge in [0.2, 0.25) is 0 Å². The van der Waals surface area contributed by atoms with Gasteiger partial charge in [0.25, 0.3) is 0 Å². The summed E-state index contributed by atoms with van der Waals surface area (Å²) in [5.74, 6) is -2.68. The molecule has 0 aliphatic rings. The van der Waals surface area contributed by atoms with Crippen LogP contribution in [0.3, 0.4) is 0 Å². The Balaban J connectivity index is 4.26. The van der Waals surface area contributed by atoms with Crippen molar-refractivity contribution in [3.05, 3.63) is 0 Å². The molecule has 2 amide bonds. The van der Waals surface area contributed by atoms with Crippen molar-refractivity contribution in [1.29, 1.82) is 0 Å². The van der Waals surface area contributed by atoms with E-state index in [0.29, 0.717) is 7.42 Å². The molecule has 9 nitrogen and oxygen atoms in total. The Morgan fingerprint density at radius 1 is 0.947 bits per heavy atom. The molecule has 19 heavy (non-hydrogen) atoms. The van der Waals surface area contributed by atoms with Gasteiger partial charge in [0.1, 0.15) is 0 Å². The second-order valence-corrected chi connectivity index (χ2v) is 4.96. The van der Waals surface area contributed by atoms with Crippen LogP contribution in [0.1, 0.15) is 6.42 Å². The van der Waals surface area contributed by atoms with Gasteiger partial charge >= 0.3 is 24.1 Å². The number of aliphatic hydroxyl groups excluding tert-OH is 1. The van der Waals surface area contributed by atoms with Crippen LogP contribution >= 0.6 is 51.3 Å². The Hall–Kier alpha value is -0.760. The summed E-state index contributed by atoms with van der Waals surface area (Å²) in [6.07, 6.45) is -5.42. The van der Waals surface area contributed by atoms with E-state index in [1.54, 1.807) is 0 Å². The van der Waals surface area contributed by atoms with Crippen LogP contribution in [0, 0.1) is 0 Å². The highest BCUT2D eigenvalue weighted by molar-refractivity contribution is 7.94. The quantitative estimate of drug-likeness (QED) is 0.278. The lowest BCUT2D eigenvalue weighted by Crippen LogP contribution is -2.31. The average molecular weight is 348 g/mol. The molecule has 1 atom stereocenters. The van der Waals surface area contributed by atoms with Crippen LogP contribution in [0.15, 0.2) is 0 Å². The zero-order valence-corrected chi connectivity index (χ0v) is 12.4. The van der Waals surface area contributed by atoms with Crippen molar-refractivity contribution in [2.75, 3.05) is 0 Å². The Morgan fingerprint density at radius 3 is 1.79 bits per heavy atom. The van der Waals surface area contributed by atoms with Crippen LogP contribution < -0.4 is 0 Å². The maximum atomic E-state index is 11.1. The molecule has 0 aromatic rings. The predicted octanol–water partition coefficient (Wildman–Crippen LogP) is 0.0470. The van der Waals surface area contributed by atoms with Crippen molar-refractivity contribution in [3.63, 3.8) is 0 Å². The number of nitrogens with zero attached hydrogens (tertiary/aromatic N) is 2. The van der Waals surface area contributed by atoms with Crippen LogP contribution in [0.4, 0.5) is 9.59 Å². The molecule has 0 aromatic heterocycles. The number of esters is 2. The Labute approximate surface area is 129 Å². The first kappa shape index (κ1) is 18.2. The molecule has 0 saturated carbocycles. The normalized spacial score (nSPS) is 11.2. The molecule has 108 valence electrons. The topological polar surface area (TPSA) is 113 Å². The van der Waals surface area contributed by atoms with Crippen molar-refractivity contribution in [1.82, 2.24) is 7.42 Å². The molecule has 13 heteroatoms. The number of thiol groups is 4. The zero-order valence-electron chi connectivity index (χ0n) is 8.86. The Morgan fingerprint density at radius 2 is 1.37 bits per heavy atom. The van der Waals surface area contributed by atoms with E-state index in [0.717, 1.165) is 0 Å². The van der Waals surface area contributed by atoms with Gasteiger partial charge in [-0.1, -0.05) is 0 Å². The minimum absolute atomic E-state index is 0.339. The smallest absolute Gasteiger partial charge is 0.381 e. The lowest BCUT2D eigenvalue weighted by Gasteiger charge is -2.11. The first-order chi connectivity index (χ1) is 8.65. The summed E-state index contributed by atoms with van der Waals surface area (Å²) in [6.45, 7) is 0. The van der Waals surface area contributed by atoms with E-state index >= 15 is 0 Å². The van der Waals surface area contributed by atoms with E-state index in [4.69, 9.17) is 0 Å². The fourth-order valence-electron chi connectivity index (χ4n) is 0.616. The SMILES string of the molecule is O=C(CC(O)C(=O)OC(=O)N(S)S)OC(=O)N(S)S. The minimum Gasteiger partial charge on any atom is -0.381 e. The highest BCUT2D eigenvalue weighted by Gasteiger charge is 2.26. The third-order valence-corrected chi connectivity index (χ3v) is 2.00. The zero-order chi connectivity index (χ0) is 15.2. The monoisotopic (exact) mass is 348 g/mol.